The molecule has 0 radical (unpaired) electrons. The summed E-state index contributed by atoms with van der Waals surface area (Å²) in [5.74, 6) is 1.34. The van der Waals surface area contributed by atoms with E-state index in [1.54, 1.807) is 13.2 Å². The zero-order valence-corrected chi connectivity index (χ0v) is 12.9. The van der Waals surface area contributed by atoms with Gasteiger partial charge in [-0.3, -0.25) is 0 Å². The highest BCUT2D eigenvalue weighted by molar-refractivity contribution is 6.31. The summed E-state index contributed by atoms with van der Waals surface area (Å²) in [7, 11) is 1.62. The standard InChI is InChI=1S/C16H19ClN2O2/c1-3-21-16-10-14(17)12(9-15(16)20-2)11-18-19-13-7-5-4-6-8-13/h4-10,18-19H,3,11H2,1-2H3. The molecule has 0 atom stereocenters. The van der Waals surface area contributed by atoms with Crippen LogP contribution in [0, 0.1) is 0 Å². The summed E-state index contributed by atoms with van der Waals surface area (Å²) in [5, 5.41) is 0.640. The topological polar surface area (TPSA) is 42.5 Å². The Labute approximate surface area is 130 Å². The molecule has 0 aliphatic heterocycles. The molecule has 2 N–H and O–H groups in total. The second-order valence-corrected chi connectivity index (χ2v) is 4.78. The fourth-order valence-corrected chi connectivity index (χ4v) is 2.12. The number of ether oxygens (including phenoxy) is 2. The van der Waals surface area contributed by atoms with Gasteiger partial charge < -0.3 is 14.9 Å². The fourth-order valence-electron chi connectivity index (χ4n) is 1.90. The summed E-state index contributed by atoms with van der Waals surface area (Å²) >= 11 is 6.27. The van der Waals surface area contributed by atoms with E-state index in [0.29, 0.717) is 29.7 Å². The molecule has 0 spiro atoms. The average molecular weight is 307 g/mol. The smallest absolute Gasteiger partial charge is 0.162 e. The third kappa shape index (κ3) is 4.28. The van der Waals surface area contributed by atoms with Gasteiger partial charge in [0.1, 0.15) is 0 Å². The molecule has 0 aliphatic rings. The SMILES string of the molecule is CCOc1cc(Cl)c(CNNc2ccccc2)cc1OC. The minimum absolute atomic E-state index is 0.566. The highest BCUT2D eigenvalue weighted by Gasteiger charge is 2.10. The Bertz CT molecular complexity index is 576. The van der Waals surface area contributed by atoms with Gasteiger partial charge in [0.2, 0.25) is 0 Å². The largest absolute Gasteiger partial charge is 0.493 e. The second kappa shape index (κ2) is 7.76. The molecule has 0 bridgehead atoms. The van der Waals surface area contributed by atoms with Crippen LogP contribution in [0.5, 0.6) is 11.5 Å². The van der Waals surface area contributed by atoms with Gasteiger partial charge in [-0.1, -0.05) is 29.8 Å². The number of hydrazine groups is 1. The fraction of sp³-hybridized carbons (Fsp3) is 0.250. The van der Waals surface area contributed by atoms with Crippen LogP contribution in [-0.2, 0) is 6.54 Å². The van der Waals surface area contributed by atoms with E-state index in [1.807, 2.05) is 43.3 Å². The average Bonchev–Trinajstić information content (AvgIpc) is 2.51. The summed E-state index contributed by atoms with van der Waals surface area (Å²) in [6, 6.07) is 13.5. The summed E-state index contributed by atoms with van der Waals surface area (Å²) < 4.78 is 10.8. The number of para-hydroxylation sites is 1. The summed E-state index contributed by atoms with van der Waals surface area (Å²) in [4.78, 5) is 0. The molecule has 0 amide bonds. The Morgan fingerprint density at radius 1 is 1.10 bits per heavy atom. The molecular formula is C16H19ClN2O2. The van der Waals surface area contributed by atoms with Crippen LogP contribution in [0.2, 0.25) is 5.02 Å². The lowest BCUT2D eigenvalue weighted by molar-refractivity contribution is 0.310. The summed E-state index contributed by atoms with van der Waals surface area (Å²) in [5.41, 5.74) is 8.17. The van der Waals surface area contributed by atoms with E-state index in [1.165, 1.54) is 0 Å². The number of benzene rings is 2. The van der Waals surface area contributed by atoms with Crippen LogP contribution in [-0.4, -0.2) is 13.7 Å². The van der Waals surface area contributed by atoms with Gasteiger partial charge in [0.05, 0.1) is 13.7 Å². The van der Waals surface area contributed by atoms with Gasteiger partial charge in [0.15, 0.2) is 11.5 Å². The number of halogens is 1. The maximum absolute atomic E-state index is 6.27. The van der Waals surface area contributed by atoms with Crippen LogP contribution in [0.25, 0.3) is 0 Å². The minimum Gasteiger partial charge on any atom is -0.493 e. The van der Waals surface area contributed by atoms with E-state index in [2.05, 4.69) is 10.9 Å². The molecule has 0 fully saturated rings. The first-order valence-electron chi connectivity index (χ1n) is 6.77. The first-order chi connectivity index (χ1) is 10.2. The van der Waals surface area contributed by atoms with E-state index in [-0.39, 0.29) is 0 Å². The molecule has 0 aromatic heterocycles. The molecule has 0 saturated carbocycles. The highest BCUT2D eigenvalue weighted by Crippen LogP contribution is 2.33. The molecule has 5 heteroatoms. The second-order valence-electron chi connectivity index (χ2n) is 4.37. The molecule has 0 unspecified atom stereocenters. The predicted octanol–water partition coefficient (Wildman–Crippen LogP) is 3.86. The predicted molar refractivity (Wildman–Crippen MR) is 86.1 cm³/mol. The maximum Gasteiger partial charge on any atom is 0.162 e. The highest BCUT2D eigenvalue weighted by atomic mass is 35.5. The molecule has 2 aromatic carbocycles. The van der Waals surface area contributed by atoms with Gasteiger partial charge in [-0.2, -0.15) is 0 Å². The number of hydrogen-bond acceptors (Lipinski definition) is 4. The van der Waals surface area contributed by atoms with Crippen LogP contribution in [0.1, 0.15) is 12.5 Å². The molecule has 4 nitrogen and oxygen atoms in total. The van der Waals surface area contributed by atoms with Crippen molar-refractivity contribution in [3.8, 4) is 11.5 Å². The number of anilines is 1. The lowest BCUT2D eigenvalue weighted by Crippen LogP contribution is -2.21. The zero-order chi connectivity index (χ0) is 15.1. The molecule has 0 heterocycles. The molecule has 2 rings (SSSR count). The van der Waals surface area contributed by atoms with Crippen molar-refractivity contribution in [1.29, 1.82) is 0 Å². The van der Waals surface area contributed by atoms with Crippen molar-refractivity contribution in [3.63, 3.8) is 0 Å². The molecule has 0 aliphatic carbocycles. The Hall–Kier alpha value is -1.91. The van der Waals surface area contributed by atoms with E-state index >= 15 is 0 Å². The van der Waals surface area contributed by atoms with Gasteiger partial charge in [0.25, 0.3) is 0 Å². The van der Waals surface area contributed by atoms with Gasteiger partial charge in [-0.15, -0.1) is 0 Å². The first-order valence-corrected chi connectivity index (χ1v) is 7.15. The van der Waals surface area contributed by atoms with Crippen molar-refractivity contribution >= 4 is 17.3 Å². The van der Waals surface area contributed by atoms with Crippen LogP contribution in [0.3, 0.4) is 0 Å². The number of hydrogen-bond donors (Lipinski definition) is 2. The zero-order valence-electron chi connectivity index (χ0n) is 12.2. The van der Waals surface area contributed by atoms with Crippen LogP contribution >= 0.6 is 11.6 Å². The molecule has 21 heavy (non-hydrogen) atoms. The minimum atomic E-state index is 0.566. The number of nitrogens with one attached hydrogen (secondary N) is 2. The quantitative estimate of drug-likeness (QED) is 0.762. The van der Waals surface area contributed by atoms with Crippen molar-refractivity contribution in [1.82, 2.24) is 5.43 Å². The van der Waals surface area contributed by atoms with Gasteiger partial charge in [-0.05, 0) is 30.7 Å². The van der Waals surface area contributed by atoms with Crippen LogP contribution in [0.4, 0.5) is 5.69 Å². The summed E-state index contributed by atoms with van der Waals surface area (Å²) in [6.45, 7) is 3.06. The van der Waals surface area contributed by atoms with Crippen molar-refractivity contribution in [3.05, 3.63) is 53.1 Å². The van der Waals surface area contributed by atoms with Gasteiger partial charge in [-0.25, -0.2) is 5.43 Å². The Kier molecular flexibility index (Phi) is 5.72. The lowest BCUT2D eigenvalue weighted by Gasteiger charge is -2.14. The van der Waals surface area contributed by atoms with Gasteiger partial charge in [0, 0.05) is 23.3 Å². The van der Waals surface area contributed by atoms with Crippen molar-refractivity contribution in [2.75, 3.05) is 19.1 Å². The van der Waals surface area contributed by atoms with Crippen molar-refractivity contribution in [2.24, 2.45) is 0 Å². The van der Waals surface area contributed by atoms with E-state index in [9.17, 15) is 0 Å². The molecular weight excluding hydrogens is 288 g/mol. The monoisotopic (exact) mass is 306 g/mol. The Balaban J connectivity index is 2.02. The third-order valence-corrected chi connectivity index (χ3v) is 3.27. The number of methoxy groups -OCH3 is 1. The van der Waals surface area contributed by atoms with E-state index in [4.69, 9.17) is 21.1 Å². The molecule has 0 saturated heterocycles. The maximum atomic E-state index is 6.27. The van der Waals surface area contributed by atoms with Crippen molar-refractivity contribution in [2.45, 2.75) is 13.5 Å². The molecule has 2 aromatic rings. The van der Waals surface area contributed by atoms with Crippen molar-refractivity contribution < 1.29 is 9.47 Å². The summed E-state index contributed by atoms with van der Waals surface area (Å²) in [6.07, 6.45) is 0. The van der Waals surface area contributed by atoms with E-state index < -0.39 is 0 Å². The van der Waals surface area contributed by atoms with E-state index in [0.717, 1.165) is 11.3 Å². The first kappa shape index (κ1) is 15.5. The van der Waals surface area contributed by atoms with Crippen LogP contribution in [0.15, 0.2) is 42.5 Å². The Morgan fingerprint density at radius 2 is 1.86 bits per heavy atom. The normalized spacial score (nSPS) is 10.2. The lowest BCUT2D eigenvalue weighted by atomic mass is 10.2. The number of rotatable bonds is 7. The Morgan fingerprint density at radius 3 is 2.52 bits per heavy atom. The molecule has 112 valence electrons. The van der Waals surface area contributed by atoms with Crippen LogP contribution < -0.4 is 20.3 Å². The van der Waals surface area contributed by atoms with Gasteiger partial charge >= 0.3 is 0 Å². The third-order valence-electron chi connectivity index (χ3n) is 2.92.